The first kappa shape index (κ1) is 17.3. The molecule has 0 fully saturated rings. The van der Waals surface area contributed by atoms with Gasteiger partial charge in [0.2, 0.25) is 0 Å². The third-order valence-electron chi connectivity index (χ3n) is 4.22. The Hall–Kier alpha value is -2.53. The number of benzene rings is 2. The third kappa shape index (κ3) is 3.61. The zero-order chi connectivity index (χ0) is 18.2. The van der Waals surface area contributed by atoms with Gasteiger partial charge < -0.3 is 9.88 Å². The number of H-pyrrole nitrogens is 1. The fourth-order valence-electron chi connectivity index (χ4n) is 2.85. The highest BCUT2D eigenvalue weighted by Crippen LogP contribution is 2.33. The van der Waals surface area contributed by atoms with Gasteiger partial charge in [0.05, 0.1) is 10.6 Å². The van der Waals surface area contributed by atoms with Crippen LogP contribution in [0.2, 0.25) is 0 Å². The highest BCUT2D eigenvalue weighted by molar-refractivity contribution is 7.90. The normalized spacial score (nSPS) is 11.5. The van der Waals surface area contributed by atoms with E-state index in [2.05, 4.69) is 40.2 Å². The molecule has 4 nitrogen and oxygen atoms in total. The average Bonchev–Trinajstić information content (AvgIpc) is 2.96. The standard InChI is InChI=1S/C20H22N2O2S/c1-14-13-19(15-5-9-17(10-6-15)22(2)3)20(21-14)16-7-11-18(12-8-16)25(4,23)24/h5-13,21H,1-4H3. The molecule has 5 heteroatoms. The lowest BCUT2D eigenvalue weighted by Crippen LogP contribution is -2.07. The van der Waals surface area contributed by atoms with Crippen LogP contribution in [0.1, 0.15) is 5.69 Å². The van der Waals surface area contributed by atoms with Crippen molar-refractivity contribution in [3.05, 3.63) is 60.3 Å². The van der Waals surface area contributed by atoms with Gasteiger partial charge in [0.25, 0.3) is 0 Å². The molecule has 0 aliphatic rings. The Labute approximate surface area is 149 Å². The summed E-state index contributed by atoms with van der Waals surface area (Å²) in [4.78, 5) is 5.79. The van der Waals surface area contributed by atoms with Gasteiger partial charge in [0, 0.05) is 37.3 Å². The Morgan fingerprint density at radius 1 is 0.880 bits per heavy atom. The van der Waals surface area contributed by atoms with Crippen molar-refractivity contribution in [2.75, 3.05) is 25.3 Å². The minimum atomic E-state index is -3.19. The molecule has 1 aromatic heterocycles. The molecule has 3 rings (SSSR count). The number of aryl methyl sites for hydroxylation is 1. The van der Waals surface area contributed by atoms with E-state index < -0.39 is 9.84 Å². The van der Waals surface area contributed by atoms with Gasteiger partial charge in [-0.15, -0.1) is 0 Å². The SMILES string of the molecule is Cc1cc(-c2ccc(N(C)C)cc2)c(-c2ccc(S(C)(=O)=O)cc2)[nH]1. The number of nitrogens with zero attached hydrogens (tertiary/aromatic N) is 1. The zero-order valence-electron chi connectivity index (χ0n) is 14.9. The van der Waals surface area contributed by atoms with Gasteiger partial charge in [0.1, 0.15) is 0 Å². The smallest absolute Gasteiger partial charge is 0.175 e. The summed E-state index contributed by atoms with van der Waals surface area (Å²) >= 11 is 0. The molecule has 2 aromatic carbocycles. The maximum atomic E-state index is 11.6. The monoisotopic (exact) mass is 354 g/mol. The average molecular weight is 354 g/mol. The van der Waals surface area contributed by atoms with E-state index in [1.807, 2.05) is 33.2 Å². The van der Waals surface area contributed by atoms with Crippen molar-refractivity contribution in [2.24, 2.45) is 0 Å². The largest absolute Gasteiger partial charge is 0.378 e. The van der Waals surface area contributed by atoms with E-state index >= 15 is 0 Å². The van der Waals surface area contributed by atoms with Gasteiger partial charge in [-0.2, -0.15) is 0 Å². The summed E-state index contributed by atoms with van der Waals surface area (Å²) in [6, 6.07) is 17.5. The van der Waals surface area contributed by atoms with E-state index in [-0.39, 0.29) is 0 Å². The first-order valence-electron chi connectivity index (χ1n) is 8.03. The fourth-order valence-corrected chi connectivity index (χ4v) is 3.48. The molecule has 1 N–H and O–H groups in total. The van der Waals surface area contributed by atoms with Crippen LogP contribution in [0.15, 0.2) is 59.5 Å². The Balaban J connectivity index is 2.04. The van der Waals surface area contributed by atoms with Gasteiger partial charge in [-0.25, -0.2) is 8.42 Å². The molecule has 0 aliphatic heterocycles. The second-order valence-corrected chi connectivity index (χ2v) is 8.49. The lowest BCUT2D eigenvalue weighted by Gasteiger charge is -2.13. The molecule has 0 bridgehead atoms. The van der Waals surface area contributed by atoms with Crippen LogP contribution >= 0.6 is 0 Å². The molecule has 0 atom stereocenters. The van der Waals surface area contributed by atoms with Crippen molar-refractivity contribution >= 4 is 15.5 Å². The first-order chi connectivity index (χ1) is 11.8. The van der Waals surface area contributed by atoms with Gasteiger partial charge >= 0.3 is 0 Å². The second kappa shape index (κ2) is 6.41. The molecular weight excluding hydrogens is 332 g/mol. The molecule has 130 valence electrons. The summed E-state index contributed by atoms with van der Waals surface area (Å²) in [6.45, 7) is 2.02. The van der Waals surface area contributed by atoms with E-state index in [1.165, 1.54) is 6.26 Å². The molecule has 25 heavy (non-hydrogen) atoms. The lowest BCUT2D eigenvalue weighted by atomic mass is 10.0. The van der Waals surface area contributed by atoms with Crippen LogP contribution in [0, 0.1) is 6.92 Å². The number of aromatic nitrogens is 1. The van der Waals surface area contributed by atoms with E-state index in [1.54, 1.807) is 12.1 Å². The minimum Gasteiger partial charge on any atom is -0.378 e. The molecule has 3 aromatic rings. The maximum Gasteiger partial charge on any atom is 0.175 e. The number of hydrogen-bond acceptors (Lipinski definition) is 3. The molecule has 0 aliphatic carbocycles. The maximum absolute atomic E-state index is 11.6. The third-order valence-corrected chi connectivity index (χ3v) is 5.35. The summed E-state index contributed by atoms with van der Waals surface area (Å²) in [7, 11) is 0.849. The highest BCUT2D eigenvalue weighted by atomic mass is 32.2. The Morgan fingerprint density at radius 3 is 1.96 bits per heavy atom. The van der Waals surface area contributed by atoms with Gasteiger partial charge in [0.15, 0.2) is 9.84 Å². The molecule has 0 saturated heterocycles. The first-order valence-corrected chi connectivity index (χ1v) is 9.93. The van der Waals surface area contributed by atoms with Crippen molar-refractivity contribution in [3.8, 4) is 22.4 Å². The van der Waals surface area contributed by atoms with Gasteiger partial charge in [-0.1, -0.05) is 24.3 Å². The Bertz CT molecular complexity index is 983. The summed E-state index contributed by atoms with van der Waals surface area (Å²) < 4.78 is 23.3. The zero-order valence-corrected chi connectivity index (χ0v) is 15.7. The molecule has 0 amide bonds. The number of sulfone groups is 1. The van der Waals surface area contributed by atoms with Gasteiger partial charge in [-0.3, -0.25) is 0 Å². The predicted octanol–water partition coefficient (Wildman–Crippen LogP) is 4.13. The van der Waals surface area contributed by atoms with Crippen molar-refractivity contribution in [1.82, 2.24) is 4.98 Å². The molecule has 0 unspecified atom stereocenters. The predicted molar refractivity (Wildman–Crippen MR) is 104 cm³/mol. The number of rotatable bonds is 4. The molecule has 0 radical (unpaired) electrons. The lowest BCUT2D eigenvalue weighted by molar-refractivity contribution is 0.602. The van der Waals surface area contributed by atoms with E-state index in [4.69, 9.17) is 0 Å². The molecule has 0 saturated carbocycles. The number of nitrogens with one attached hydrogen (secondary N) is 1. The minimum absolute atomic E-state index is 0.330. The summed E-state index contributed by atoms with van der Waals surface area (Å²) in [5.41, 5.74) is 6.40. The topological polar surface area (TPSA) is 53.2 Å². The van der Waals surface area contributed by atoms with Crippen LogP contribution in [-0.2, 0) is 9.84 Å². The number of hydrogen-bond donors (Lipinski definition) is 1. The van der Waals surface area contributed by atoms with Crippen LogP contribution in [0.4, 0.5) is 5.69 Å². The molecular formula is C20H22N2O2S. The number of aromatic amines is 1. The van der Waals surface area contributed by atoms with Gasteiger partial charge in [-0.05, 0) is 48.4 Å². The Kier molecular flexibility index (Phi) is 4.43. The van der Waals surface area contributed by atoms with Crippen molar-refractivity contribution in [1.29, 1.82) is 0 Å². The highest BCUT2D eigenvalue weighted by Gasteiger charge is 2.13. The Morgan fingerprint density at radius 2 is 1.44 bits per heavy atom. The van der Waals surface area contributed by atoms with Crippen LogP contribution < -0.4 is 4.90 Å². The van der Waals surface area contributed by atoms with Crippen LogP contribution in [-0.4, -0.2) is 33.8 Å². The van der Waals surface area contributed by atoms with Crippen molar-refractivity contribution in [3.63, 3.8) is 0 Å². The van der Waals surface area contributed by atoms with Crippen molar-refractivity contribution < 1.29 is 8.42 Å². The quantitative estimate of drug-likeness (QED) is 0.766. The van der Waals surface area contributed by atoms with Crippen LogP contribution in [0.3, 0.4) is 0 Å². The van der Waals surface area contributed by atoms with E-state index in [9.17, 15) is 8.42 Å². The molecule has 0 spiro atoms. The molecule has 1 heterocycles. The summed E-state index contributed by atoms with van der Waals surface area (Å²) in [5.74, 6) is 0. The summed E-state index contributed by atoms with van der Waals surface area (Å²) in [5, 5.41) is 0. The van der Waals surface area contributed by atoms with E-state index in [0.29, 0.717) is 4.90 Å². The fraction of sp³-hybridized carbons (Fsp3) is 0.200. The van der Waals surface area contributed by atoms with Crippen LogP contribution in [0.5, 0.6) is 0 Å². The summed E-state index contributed by atoms with van der Waals surface area (Å²) in [6.07, 6.45) is 1.22. The number of anilines is 1. The van der Waals surface area contributed by atoms with E-state index in [0.717, 1.165) is 33.8 Å². The van der Waals surface area contributed by atoms with Crippen LogP contribution in [0.25, 0.3) is 22.4 Å². The van der Waals surface area contributed by atoms with Crippen molar-refractivity contribution in [2.45, 2.75) is 11.8 Å². The second-order valence-electron chi connectivity index (χ2n) is 6.48.